The van der Waals surface area contributed by atoms with E-state index in [1.165, 1.54) is 18.2 Å². The van der Waals surface area contributed by atoms with Crippen LogP contribution in [0.2, 0.25) is 10.0 Å². The van der Waals surface area contributed by atoms with E-state index in [4.69, 9.17) is 38.8 Å². The average Bonchev–Trinajstić information content (AvgIpc) is 2.40. The first-order valence-corrected chi connectivity index (χ1v) is 6.09. The SMILES string of the molecule is NCC(F)(F)C(O)c1ccc(Cl)c(Cl)c1.O=C(O)C(F)(F)F. The maximum atomic E-state index is 13.0. The van der Waals surface area contributed by atoms with Crippen molar-refractivity contribution in [2.75, 3.05) is 6.54 Å². The molecule has 11 heteroatoms. The first-order chi connectivity index (χ1) is 9.82. The molecule has 22 heavy (non-hydrogen) atoms. The topological polar surface area (TPSA) is 83.5 Å². The summed E-state index contributed by atoms with van der Waals surface area (Å²) in [6, 6.07) is 3.82. The highest BCUT2D eigenvalue weighted by molar-refractivity contribution is 6.42. The number of alkyl halides is 5. The molecule has 1 rings (SSSR count). The van der Waals surface area contributed by atoms with Crippen molar-refractivity contribution >= 4 is 29.2 Å². The van der Waals surface area contributed by atoms with Gasteiger partial charge in [-0.15, -0.1) is 0 Å². The van der Waals surface area contributed by atoms with Crippen molar-refractivity contribution in [3.63, 3.8) is 0 Å². The molecule has 0 radical (unpaired) electrons. The average molecular weight is 370 g/mol. The first-order valence-electron chi connectivity index (χ1n) is 5.34. The minimum absolute atomic E-state index is 0.0140. The highest BCUT2D eigenvalue weighted by Crippen LogP contribution is 2.33. The Hall–Kier alpha value is -1.16. The predicted molar refractivity (Wildman–Crippen MR) is 69.1 cm³/mol. The maximum Gasteiger partial charge on any atom is 0.490 e. The quantitative estimate of drug-likeness (QED) is 0.714. The summed E-state index contributed by atoms with van der Waals surface area (Å²) in [5.74, 6) is -6.13. The van der Waals surface area contributed by atoms with Gasteiger partial charge in [0.1, 0.15) is 6.10 Å². The van der Waals surface area contributed by atoms with Crippen LogP contribution in [0.5, 0.6) is 0 Å². The van der Waals surface area contributed by atoms with Crippen LogP contribution in [0.3, 0.4) is 0 Å². The molecular formula is C11H10Cl2F5NO3. The third-order valence-electron chi connectivity index (χ3n) is 2.17. The largest absolute Gasteiger partial charge is 0.490 e. The van der Waals surface area contributed by atoms with Crippen molar-refractivity contribution in [3.8, 4) is 0 Å². The molecule has 0 aliphatic rings. The molecule has 1 atom stereocenters. The molecule has 1 aromatic carbocycles. The van der Waals surface area contributed by atoms with Crippen LogP contribution in [-0.4, -0.2) is 34.8 Å². The van der Waals surface area contributed by atoms with Gasteiger partial charge in [-0.05, 0) is 17.7 Å². The summed E-state index contributed by atoms with van der Waals surface area (Å²) in [6.45, 7) is -0.936. The summed E-state index contributed by atoms with van der Waals surface area (Å²) in [4.78, 5) is 8.90. The Kier molecular flexibility index (Phi) is 7.49. The van der Waals surface area contributed by atoms with Gasteiger partial charge in [-0.3, -0.25) is 0 Å². The first kappa shape index (κ1) is 20.8. The van der Waals surface area contributed by atoms with Gasteiger partial charge in [-0.2, -0.15) is 13.2 Å². The van der Waals surface area contributed by atoms with E-state index in [9.17, 15) is 27.1 Å². The van der Waals surface area contributed by atoms with E-state index in [0.717, 1.165) is 0 Å². The molecule has 0 bridgehead atoms. The van der Waals surface area contributed by atoms with Crippen molar-refractivity contribution in [1.29, 1.82) is 0 Å². The second-order valence-corrected chi connectivity index (χ2v) is 4.66. The van der Waals surface area contributed by atoms with E-state index >= 15 is 0 Å². The molecule has 0 aromatic heterocycles. The molecule has 4 N–H and O–H groups in total. The van der Waals surface area contributed by atoms with E-state index in [-0.39, 0.29) is 15.6 Å². The summed E-state index contributed by atoms with van der Waals surface area (Å²) < 4.78 is 57.8. The van der Waals surface area contributed by atoms with E-state index in [2.05, 4.69) is 0 Å². The molecule has 0 saturated heterocycles. The van der Waals surface area contributed by atoms with E-state index < -0.39 is 30.7 Å². The van der Waals surface area contributed by atoms with Gasteiger partial charge in [0, 0.05) is 0 Å². The molecule has 126 valence electrons. The number of halogens is 7. The molecule has 0 saturated carbocycles. The fourth-order valence-corrected chi connectivity index (χ4v) is 1.34. The lowest BCUT2D eigenvalue weighted by Crippen LogP contribution is -2.34. The Morgan fingerprint density at radius 2 is 1.64 bits per heavy atom. The standard InChI is InChI=1S/C9H9Cl2F2NO.C2HF3O2/c10-6-2-1-5(3-7(6)11)8(15)9(12,13)4-14;3-2(4,5)1(6)7/h1-3,8,15H,4,14H2;(H,6,7). The highest BCUT2D eigenvalue weighted by Gasteiger charge is 2.38. The maximum absolute atomic E-state index is 13.0. The number of hydrogen-bond acceptors (Lipinski definition) is 3. The van der Waals surface area contributed by atoms with Gasteiger partial charge >= 0.3 is 12.1 Å². The van der Waals surface area contributed by atoms with Crippen molar-refractivity contribution in [1.82, 2.24) is 0 Å². The second-order valence-electron chi connectivity index (χ2n) is 3.84. The fraction of sp³-hybridized carbons (Fsp3) is 0.364. The molecule has 0 aliphatic carbocycles. The smallest absolute Gasteiger partial charge is 0.475 e. The number of aliphatic hydroxyl groups is 1. The molecule has 0 fully saturated rings. The minimum Gasteiger partial charge on any atom is -0.475 e. The third-order valence-corrected chi connectivity index (χ3v) is 2.91. The number of carboxylic acid groups (broad SMARTS) is 1. The van der Waals surface area contributed by atoms with Crippen molar-refractivity contribution in [2.24, 2.45) is 5.73 Å². The summed E-state index contributed by atoms with van der Waals surface area (Å²) >= 11 is 11.2. The molecule has 0 aliphatic heterocycles. The van der Waals surface area contributed by atoms with Crippen LogP contribution in [0.1, 0.15) is 11.7 Å². The summed E-state index contributed by atoms with van der Waals surface area (Å²) in [6.07, 6.45) is -7.06. The number of benzene rings is 1. The van der Waals surface area contributed by atoms with Crippen molar-refractivity contribution < 1.29 is 37.0 Å². The van der Waals surface area contributed by atoms with E-state index in [0.29, 0.717) is 0 Å². The highest BCUT2D eigenvalue weighted by atomic mass is 35.5. The van der Waals surface area contributed by atoms with Crippen molar-refractivity contribution in [3.05, 3.63) is 33.8 Å². The Morgan fingerprint density at radius 3 is 1.95 bits per heavy atom. The number of aliphatic carboxylic acids is 1. The molecule has 1 unspecified atom stereocenters. The number of aliphatic hydroxyl groups excluding tert-OH is 1. The molecule has 0 amide bonds. The lowest BCUT2D eigenvalue weighted by Gasteiger charge is -2.21. The third kappa shape index (κ3) is 6.30. The molecular weight excluding hydrogens is 360 g/mol. The van der Waals surface area contributed by atoms with Crippen LogP contribution in [0, 0.1) is 0 Å². The van der Waals surface area contributed by atoms with Gasteiger partial charge in [-0.25, -0.2) is 13.6 Å². The van der Waals surface area contributed by atoms with Crippen LogP contribution in [0.4, 0.5) is 22.0 Å². The van der Waals surface area contributed by atoms with E-state index in [1.54, 1.807) is 0 Å². The van der Waals surface area contributed by atoms with Gasteiger partial charge in [0.05, 0.1) is 16.6 Å². The normalized spacial score (nSPS) is 13.1. The zero-order valence-corrected chi connectivity index (χ0v) is 12.1. The molecule has 4 nitrogen and oxygen atoms in total. The zero-order chi connectivity index (χ0) is 17.7. The van der Waals surface area contributed by atoms with Gasteiger partial charge < -0.3 is 15.9 Å². The minimum atomic E-state index is -5.08. The number of carbonyl (C=O) groups is 1. The number of carboxylic acids is 1. The van der Waals surface area contributed by atoms with Gasteiger partial charge in [0.15, 0.2) is 0 Å². The summed E-state index contributed by atoms with van der Waals surface area (Å²) in [5.41, 5.74) is 4.83. The summed E-state index contributed by atoms with van der Waals surface area (Å²) in [5, 5.41) is 16.8. The Labute approximate surface area is 131 Å². The lowest BCUT2D eigenvalue weighted by molar-refractivity contribution is -0.192. The monoisotopic (exact) mass is 369 g/mol. The van der Waals surface area contributed by atoms with Crippen LogP contribution >= 0.6 is 23.2 Å². The second kappa shape index (κ2) is 7.91. The summed E-state index contributed by atoms with van der Waals surface area (Å²) in [7, 11) is 0. The lowest BCUT2D eigenvalue weighted by atomic mass is 10.0. The van der Waals surface area contributed by atoms with Crippen LogP contribution in [0.15, 0.2) is 18.2 Å². The molecule has 1 aromatic rings. The van der Waals surface area contributed by atoms with Crippen LogP contribution in [0.25, 0.3) is 0 Å². The number of hydrogen-bond donors (Lipinski definition) is 3. The fourth-order valence-electron chi connectivity index (χ4n) is 1.04. The Morgan fingerprint density at radius 1 is 1.18 bits per heavy atom. The van der Waals surface area contributed by atoms with Gasteiger partial charge in [0.25, 0.3) is 5.92 Å². The Balaban J connectivity index is 0.000000534. The number of nitrogens with two attached hydrogens (primary N) is 1. The van der Waals surface area contributed by atoms with E-state index in [1.807, 2.05) is 0 Å². The van der Waals surface area contributed by atoms with Crippen molar-refractivity contribution in [2.45, 2.75) is 18.2 Å². The van der Waals surface area contributed by atoms with Gasteiger partial charge in [0.2, 0.25) is 0 Å². The molecule has 0 spiro atoms. The van der Waals surface area contributed by atoms with Crippen LogP contribution in [-0.2, 0) is 4.79 Å². The predicted octanol–water partition coefficient (Wildman–Crippen LogP) is 3.25. The zero-order valence-electron chi connectivity index (χ0n) is 10.5. The molecule has 0 heterocycles. The van der Waals surface area contributed by atoms with Crippen LogP contribution < -0.4 is 5.73 Å². The Bertz CT molecular complexity index is 525. The number of rotatable bonds is 3. The van der Waals surface area contributed by atoms with Gasteiger partial charge in [-0.1, -0.05) is 29.3 Å².